The van der Waals surface area contributed by atoms with E-state index >= 15 is 0 Å². The summed E-state index contributed by atoms with van der Waals surface area (Å²) in [4.78, 5) is 10.6. The molecule has 2 heterocycles. The number of carbonyl (C=O) groups is 1. The fourth-order valence-electron chi connectivity index (χ4n) is 3.96. The Morgan fingerprint density at radius 1 is 1.22 bits per heavy atom. The van der Waals surface area contributed by atoms with E-state index in [1.807, 2.05) is 39.2 Å². The molecule has 1 aliphatic heterocycles. The molecule has 2 fully saturated rings. The lowest BCUT2D eigenvalue weighted by atomic mass is 9.96. The van der Waals surface area contributed by atoms with E-state index in [4.69, 9.17) is 9.84 Å². The van der Waals surface area contributed by atoms with Crippen LogP contribution in [-0.2, 0) is 11.3 Å². The SMILES string of the molecule is CC.Cc1nncn1C(C)CC1CCC(C)N1.O=C(O)c1ccc(COC2CCC2)cc1. The molecule has 0 bridgehead atoms. The highest BCUT2D eigenvalue weighted by atomic mass is 16.5. The first kappa shape index (κ1) is 26.0. The van der Waals surface area contributed by atoms with Gasteiger partial charge < -0.3 is 19.7 Å². The molecule has 1 saturated carbocycles. The van der Waals surface area contributed by atoms with E-state index in [9.17, 15) is 4.79 Å². The second-order valence-corrected chi connectivity index (χ2v) is 8.58. The maximum Gasteiger partial charge on any atom is 0.335 e. The number of carboxylic acids is 1. The Balaban J connectivity index is 0.000000211. The molecule has 1 aromatic carbocycles. The van der Waals surface area contributed by atoms with Crippen molar-refractivity contribution in [3.63, 3.8) is 0 Å². The number of aryl methyl sites for hydroxylation is 1. The summed E-state index contributed by atoms with van der Waals surface area (Å²) < 4.78 is 7.77. The van der Waals surface area contributed by atoms with Crippen molar-refractivity contribution in [2.75, 3.05) is 0 Å². The summed E-state index contributed by atoms with van der Waals surface area (Å²) in [5, 5.41) is 20.3. The third-order valence-electron chi connectivity index (χ3n) is 6.06. The topological polar surface area (TPSA) is 89.3 Å². The molecule has 3 unspecified atom stereocenters. The first-order chi connectivity index (χ1) is 15.4. The van der Waals surface area contributed by atoms with Gasteiger partial charge in [0, 0.05) is 18.1 Å². The second-order valence-electron chi connectivity index (χ2n) is 8.58. The van der Waals surface area contributed by atoms with Gasteiger partial charge in [-0.3, -0.25) is 0 Å². The molecule has 1 aliphatic carbocycles. The van der Waals surface area contributed by atoms with Crippen molar-refractivity contribution in [3.8, 4) is 0 Å². The fourth-order valence-corrected chi connectivity index (χ4v) is 3.96. The molecule has 4 rings (SSSR count). The molecular weight excluding hydrogens is 404 g/mol. The zero-order valence-electron chi connectivity index (χ0n) is 20.3. The highest BCUT2D eigenvalue weighted by Crippen LogP contribution is 2.23. The van der Waals surface area contributed by atoms with Gasteiger partial charge in [0.05, 0.1) is 18.3 Å². The van der Waals surface area contributed by atoms with Gasteiger partial charge in [0.15, 0.2) is 0 Å². The maximum atomic E-state index is 10.6. The Hall–Kier alpha value is -2.25. The molecule has 0 radical (unpaired) electrons. The number of benzene rings is 1. The first-order valence-electron chi connectivity index (χ1n) is 12.0. The molecule has 178 valence electrons. The van der Waals surface area contributed by atoms with Crippen molar-refractivity contribution in [1.82, 2.24) is 20.1 Å². The number of nitrogens with one attached hydrogen (secondary N) is 1. The van der Waals surface area contributed by atoms with E-state index in [1.54, 1.807) is 12.1 Å². The lowest BCUT2D eigenvalue weighted by Gasteiger charge is -2.25. The van der Waals surface area contributed by atoms with Crippen molar-refractivity contribution in [3.05, 3.63) is 47.5 Å². The largest absolute Gasteiger partial charge is 0.478 e. The standard InChI is InChI=1S/C12H14O3.C11H20N4.C2H6/c13-12(14)10-6-4-9(5-7-10)8-15-11-2-1-3-11;1-8-4-5-11(13-8)6-9(2)15-7-12-14-10(15)3;1-2/h4-7,11H,1-3,8H2,(H,13,14);7-9,11,13H,4-6H2,1-3H3;1-2H3. The molecule has 1 aromatic heterocycles. The number of rotatable bonds is 7. The molecule has 2 N–H and O–H groups in total. The Morgan fingerprint density at radius 3 is 2.38 bits per heavy atom. The van der Waals surface area contributed by atoms with Crippen LogP contribution in [0.2, 0.25) is 0 Å². The quantitative estimate of drug-likeness (QED) is 0.613. The number of nitrogens with zero attached hydrogens (tertiary/aromatic N) is 3. The summed E-state index contributed by atoms with van der Waals surface area (Å²) in [6.07, 6.45) is 9.61. The molecular formula is C25H40N4O3. The summed E-state index contributed by atoms with van der Waals surface area (Å²) in [6, 6.07) is 8.68. The van der Waals surface area contributed by atoms with Gasteiger partial charge in [-0.2, -0.15) is 0 Å². The Bertz CT molecular complexity index is 802. The van der Waals surface area contributed by atoms with Gasteiger partial charge in [-0.1, -0.05) is 26.0 Å². The van der Waals surface area contributed by atoms with Gasteiger partial charge in [0.1, 0.15) is 12.2 Å². The predicted molar refractivity (Wildman–Crippen MR) is 127 cm³/mol. The van der Waals surface area contributed by atoms with E-state index in [0.717, 1.165) is 24.2 Å². The first-order valence-corrected chi connectivity index (χ1v) is 12.0. The van der Waals surface area contributed by atoms with E-state index in [-0.39, 0.29) is 0 Å². The molecule has 2 aliphatic rings. The average Bonchev–Trinajstić information content (AvgIpc) is 3.37. The third-order valence-corrected chi connectivity index (χ3v) is 6.06. The summed E-state index contributed by atoms with van der Waals surface area (Å²) >= 11 is 0. The van der Waals surface area contributed by atoms with Crippen molar-refractivity contribution >= 4 is 5.97 Å². The van der Waals surface area contributed by atoms with E-state index in [2.05, 4.69) is 33.9 Å². The van der Waals surface area contributed by atoms with E-state index in [1.165, 1.54) is 25.7 Å². The monoisotopic (exact) mass is 444 g/mol. The smallest absolute Gasteiger partial charge is 0.335 e. The van der Waals surface area contributed by atoms with Crippen LogP contribution in [-0.4, -0.2) is 44.0 Å². The zero-order chi connectivity index (χ0) is 23.5. The van der Waals surface area contributed by atoms with Crippen LogP contribution in [0.1, 0.15) is 94.0 Å². The third kappa shape index (κ3) is 8.02. The number of ether oxygens (including phenoxy) is 1. The van der Waals surface area contributed by atoms with Crippen LogP contribution >= 0.6 is 0 Å². The van der Waals surface area contributed by atoms with Crippen LogP contribution in [0.4, 0.5) is 0 Å². The second kappa shape index (κ2) is 13.3. The van der Waals surface area contributed by atoms with Crippen LogP contribution in [0.25, 0.3) is 0 Å². The molecule has 3 atom stereocenters. The van der Waals surface area contributed by atoms with E-state index in [0.29, 0.717) is 36.4 Å². The minimum absolute atomic E-state index is 0.322. The highest BCUT2D eigenvalue weighted by Gasteiger charge is 2.23. The normalized spacial score (nSPS) is 20.9. The van der Waals surface area contributed by atoms with Gasteiger partial charge in [0.25, 0.3) is 0 Å². The van der Waals surface area contributed by atoms with Crippen molar-refractivity contribution in [1.29, 1.82) is 0 Å². The van der Waals surface area contributed by atoms with Crippen LogP contribution in [0.5, 0.6) is 0 Å². The fraction of sp³-hybridized carbons (Fsp3) is 0.640. The molecule has 7 heteroatoms. The predicted octanol–water partition coefficient (Wildman–Crippen LogP) is 5.16. The highest BCUT2D eigenvalue weighted by molar-refractivity contribution is 5.87. The lowest BCUT2D eigenvalue weighted by molar-refractivity contribution is -0.00867. The Morgan fingerprint density at radius 2 is 1.91 bits per heavy atom. The van der Waals surface area contributed by atoms with Gasteiger partial charge in [-0.15, -0.1) is 10.2 Å². The number of aromatic carboxylic acids is 1. The number of hydrogen-bond donors (Lipinski definition) is 2. The zero-order valence-corrected chi connectivity index (χ0v) is 20.3. The molecule has 7 nitrogen and oxygen atoms in total. The molecule has 1 saturated heterocycles. The van der Waals surface area contributed by atoms with Crippen LogP contribution < -0.4 is 5.32 Å². The lowest BCUT2D eigenvalue weighted by Crippen LogP contribution is -2.29. The molecule has 2 aromatic rings. The Kier molecular flexibility index (Phi) is 10.8. The minimum Gasteiger partial charge on any atom is -0.478 e. The summed E-state index contributed by atoms with van der Waals surface area (Å²) in [6.45, 7) is 11.1. The summed E-state index contributed by atoms with van der Waals surface area (Å²) in [7, 11) is 0. The van der Waals surface area contributed by atoms with Gasteiger partial charge in [-0.05, 0) is 77.0 Å². The molecule has 0 amide bonds. The molecule has 32 heavy (non-hydrogen) atoms. The van der Waals surface area contributed by atoms with Crippen molar-refractivity contribution in [2.24, 2.45) is 0 Å². The summed E-state index contributed by atoms with van der Waals surface area (Å²) in [5.74, 6) is 0.120. The number of carboxylic acid groups (broad SMARTS) is 1. The summed E-state index contributed by atoms with van der Waals surface area (Å²) in [5.41, 5.74) is 1.36. The van der Waals surface area contributed by atoms with Crippen molar-refractivity contribution < 1.29 is 14.6 Å². The van der Waals surface area contributed by atoms with Crippen LogP contribution in [0, 0.1) is 6.92 Å². The molecule has 0 spiro atoms. The maximum absolute atomic E-state index is 10.6. The van der Waals surface area contributed by atoms with Gasteiger partial charge in [0.2, 0.25) is 0 Å². The Labute approximate surface area is 192 Å². The van der Waals surface area contributed by atoms with E-state index < -0.39 is 5.97 Å². The average molecular weight is 445 g/mol. The van der Waals surface area contributed by atoms with Gasteiger partial charge >= 0.3 is 5.97 Å². The number of hydrogen-bond acceptors (Lipinski definition) is 5. The number of aromatic nitrogens is 3. The minimum atomic E-state index is -0.888. The van der Waals surface area contributed by atoms with Gasteiger partial charge in [-0.25, -0.2) is 4.79 Å². The van der Waals surface area contributed by atoms with Crippen molar-refractivity contribution in [2.45, 2.75) is 104 Å². The van der Waals surface area contributed by atoms with Crippen LogP contribution in [0.3, 0.4) is 0 Å². The van der Waals surface area contributed by atoms with Crippen LogP contribution in [0.15, 0.2) is 30.6 Å².